The third kappa shape index (κ3) is 1.83. The van der Waals surface area contributed by atoms with Crippen molar-refractivity contribution in [2.75, 3.05) is 7.05 Å². The topological polar surface area (TPSA) is 88.5 Å². The standard InChI is InChI=1S/C2H9N5/c1-5-2(6-3)7-4/h3-4H2,1H3,(H2,5,6,7). The van der Waals surface area contributed by atoms with Gasteiger partial charge in [0.05, 0.1) is 0 Å². The second kappa shape index (κ2) is 3.23. The van der Waals surface area contributed by atoms with Crippen LogP contribution < -0.4 is 22.4 Å². The lowest BCUT2D eigenvalue weighted by Gasteiger charge is -1.98. The molecule has 42 valence electrons. The van der Waals surface area contributed by atoms with Gasteiger partial charge in [-0.15, -0.1) is 5.10 Å². The molecule has 0 radical (unpaired) electrons. The van der Waals surface area contributed by atoms with Gasteiger partial charge in [0.2, 0.25) is 5.96 Å². The van der Waals surface area contributed by atoms with Gasteiger partial charge >= 0.3 is 0 Å². The molecule has 6 N–H and O–H groups in total. The minimum atomic E-state index is 0.361. The van der Waals surface area contributed by atoms with Crippen molar-refractivity contribution in [1.82, 2.24) is 10.7 Å². The van der Waals surface area contributed by atoms with E-state index in [0.717, 1.165) is 0 Å². The van der Waals surface area contributed by atoms with Gasteiger partial charge in [-0.1, -0.05) is 0 Å². The molecule has 0 fully saturated rings. The Morgan fingerprint density at radius 3 is 2.29 bits per heavy atom. The molecule has 0 atom stereocenters. The summed E-state index contributed by atoms with van der Waals surface area (Å²) in [4.78, 5) is 0. The lowest BCUT2D eigenvalue weighted by atomic mass is 11.0. The van der Waals surface area contributed by atoms with Crippen LogP contribution in [0.1, 0.15) is 0 Å². The lowest BCUT2D eigenvalue weighted by molar-refractivity contribution is 0.925. The van der Waals surface area contributed by atoms with Crippen LogP contribution in [0, 0.1) is 0 Å². The van der Waals surface area contributed by atoms with E-state index in [1.807, 2.05) is 0 Å². The second-order valence-electron chi connectivity index (χ2n) is 0.872. The molecule has 0 saturated heterocycles. The Labute approximate surface area is 41.7 Å². The first-order valence-electron chi connectivity index (χ1n) is 1.77. The van der Waals surface area contributed by atoms with Crippen LogP contribution in [0.3, 0.4) is 0 Å². The molecular formula is C2H9N5. The van der Waals surface area contributed by atoms with Crippen molar-refractivity contribution >= 4 is 5.96 Å². The highest BCUT2D eigenvalue weighted by atomic mass is 15.4. The maximum Gasteiger partial charge on any atom is 0.227 e. The number of hydrogen-bond acceptors (Lipinski definition) is 3. The molecule has 0 aliphatic rings. The monoisotopic (exact) mass is 103 g/mol. The van der Waals surface area contributed by atoms with Crippen LogP contribution in [0.5, 0.6) is 0 Å². The van der Waals surface area contributed by atoms with Gasteiger partial charge in [0.15, 0.2) is 0 Å². The summed E-state index contributed by atoms with van der Waals surface area (Å²) in [6.07, 6.45) is 0. The van der Waals surface area contributed by atoms with Gasteiger partial charge in [-0.3, -0.25) is 5.43 Å². The molecule has 0 spiro atoms. The number of nitrogens with one attached hydrogen (secondary N) is 2. The highest BCUT2D eigenvalue weighted by Gasteiger charge is 1.81. The van der Waals surface area contributed by atoms with Crippen molar-refractivity contribution < 1.29 is 0 Å². The lowest BCUT2D eigenvalue weighted by Crippen LogP contribution is -2.40. The zero-order valence-electron chi connectivity index (χ0n) is 4.10. The molecule has 0 rings (SSSR count). The zero-order valence-corrected chi connectivity index (χ0v) is 4.10. The highest BCUT2D eigenvalue weighted by Crippen LogP contribution is 1.48. The van der Waals surface area contributed by atoms with Crippen molar-refractivity contribution in [3.63, 3.8) is 0 Å². The van der Waals surface area contributed by atoms with E-state index < -0.39 is 0 Å². The molecule has 0 heterocycles. The van der Waals surface area contributed by atoms with Gasteiger partial charge in [0.25, 0.3) is 0 Å². The SMILES string of the molecule is CNC(=NN)NN. The molecular weight excluding hydrogens is 94.1 g/mol. The number of hydrazone groups is 1. The average molecular weight is 103 g/mol. The fourth-order valence-electron chi connectivity index (χ4n) is 0.174. The third-order valence-corrected chi connectivity index (χ3v) is 0.503. The Bertz CT molecular complexity index is 60.5. The van der Waals surface area contributed by atoms with Crippen molar-refractivity contribution in [2.24, 2.45) is 16.8 Å². The minimum Gasteiger partial charge on any atom is -0.357 e. The molecule has 0 aliphatic heterocycles. The van der Waals surface area contributed by atoms with Crippen LogP contribution in [0.15, 0.2) is 5.10 Å². The fraction of sp³-hybridized carbons (Fsp3) is 0.500. The molecule has 0 saturated carbocycles. The molecule has 0 bridgehead atoms. The highest BCUT2D eigenvalue weighted by molar-refractivity contribution is 5.78. The molecule has 5 nitrogen and oxygen atoms in total. The van der Waals surface area contributed by atoms with E-state index in [9.17, 15) is 0 Å². The molecule has 0 aromatic heterocycles. The van der Waals surface area contributed by atoms with E-state index in [0.29, 0.717) is 5.96 Å². The summed E-state index contributed by atoms with van der Waals surface area (Å²) < 4.78 is 0. The van der Waals surface area contributed by atoms with E-state index in [4.69, 9.17) is 11.7 Å². The molecule has 0 aromatic carbocycles. The number of hydrazine groups is 1. The Morgan fingerprint density at radius 1 is 1.71 bits per heavy atom. The van der Waals surface area contributed by atoms with E-state index in [-0.39, 0.29) is 0 Å². The Hall–Kier alpha value is -0.970. The molecule has 0 aromatic rings. The molecule has 5 heteroatoms. The van der Waals surface area contributed by atoms with Crippen LogP contribution >= 0.6 is 0 Å². The quantitative estimate of drug-likeness (QED) is 0.122. The number of hydrogen-bond donors (Lipinski definition) is 4. The summed E-state index contributed by atoms with van der Waals surface area (Å²) in [6.45, 7) is 0. The van der Waals surface area contributed by atoms with Crippen molar-refractivity contribution in [1.29, 1.82) is 0 Å². The van der Waals surface area contributed by atoms with E-state index >= 15 is 0 Å². The first kappa shape index (κ1) is 6.03. The minimum absolute atomic E-state index is 0.361. The number of guanidine groups is 1. The normalized spacial score (nSPS) is 10.9. The number of rotatable bonds is 0. The van der Waals surface area contributed by atoms with Gasteiger partial charge < -0.3 is 11.2 Å². The Balaban J connectivity index is 3.38. The van der Waals surface area contributed by atoms with E-state index in [1.165, 1.54) is 0 Å². The van der Waals surface area contributed by atoms with Crippen molar-refractivity contribution in [3.8, 4) is 0 Å². The summed E-state index contributed by atoms with van der Waals surface area (Å²) in [7, 11) is 1.66. The van der Waals surface area contributed by atoms with Gasteiger partial charge in [-0.05, 0) is 0 Å². The first-order valence-corrected chi connectivity index (χ1v) is 1.77. The maximum absolute atomic E-state index is 4.87. The Morgan fingerprint density at radius 2 is 2.29 bits per heavy atom. The van der Waals surface area contributed by atoms with Crippen LogP contribution in [0.25, 0.3) is 0 Å². The van der Waals surface area contributed by atoms with Crippen molar-refractivity contribution in [3.05, 3.63) is 0 Å². The van der Waals surface area contributed by atoms with Crippen LogP contribution in [-0.2, 0) is 0 Å². The summed E-state index contributed by atoms with van der Waals surface area (Å²) >= 11 is 0. The summed E-state index contributed by atoms with van der Waals surface area (Å²) in [5.41, 5.74) is 2.22. The van der Waals surface area contributed by atoms with Gasteiger partial charge in [-0.2, -0.15) is 0 Å². The Kier molecular flexibility index (Phi) is 2.78. The molecule has 7 heavy (non-hydrogen) atoms. The predicted octanol–water partition coefficient (Wildman–Crippen LogP) is -2.10. The first-order chi connectivity index (χ1) is 3.35. The average Bonchev–Trinajstić information content (AvgIpc) is 1.72. The van der Waals surface area contributed by atoms with E-state index in [1.54, 1.807) is 7.05 Å². The second-order valence-corrected chi connectivity index (χ2v) is 0.872. The maximum atomic E-state index is 4.87. The third-order valence-electron chi connectivity index (χ3n) is 0.503. The van der Waals surface area contributed by atoms with E-state index in [2.05, 4.69) is 15.8 Å². The van der Waals surface area contributed by atoms with Gasteiger partial charge in [0, 0.05) is 7.05 Å². The fourth-order valence-corrected chi connectivity index (χ4v) is 0.174. The summed E-state index contributed by atoms with van der Waals surface area (Å²) in [6, 6.07) is 0. The predicted molar refractivity (Wildman–Crippen MR) is 28.0 cm³/mol. The summed E-state index contributed by atoms with van der Waals surface area (Å²) in [5, 5.41) is 5.78. The number of nitrogens with two attached hydrogens (primary N) is 2. The number of nitrogens with zero attached hydrogens (tertiary/aromatic N) is 1. The molecule has 0 amide bonds. The van der Waals surface area contributed by atoms with Gasteiger partial charge in [-0.25, -0.2) is 5.84 Å². The van der Waals surface area contributed by atoms with Gasteiger partial charge in [0.1, 0.15) is 0 Å². The molecule has 0 aliphatic carbocycles. The van der Waals surface area contributed by atoms with Crippen molar-refractivity contribution in [2.45, 2.75) is 0 Å². The smallest absolute Gasteiger partial charge is 0.227 e. The largest absolute Gasteiger partial charge is 0.357 e. The summed E-state index contributed by atoms with van der Waals surface area (Å²) in [5.74, 6) is 10.0. The van der Waals surface area contributed by atoms with Crippen LogP contribution in [0.2, 0.25) is 0 Å². The molecule has 0 unspecified atom stereocenters. The van der Waals surface area contributed by atoms with Crippen LogP contribution in [0.4, 0.5) is 0 Å². The zero-order chi connectivity index (χ0) is 5.70. The van der Waals surface area contributed by atoms with Crippen LogP contribution in [-0.4, -0.2) is 13.0 Å².